The van der Waals surface area contributed by atoms with Crippen LogP contribution in [0.25, 0.3) is 50.4 Å². The average molecular weight is 821 g/mol. The third kappa shape index (κ3) is 9.34. The number of carboxylic acids is 4. The van der Waals surface area contributed by atoms with Crippen molar-refractivity contribution in [2.24, 2.45) is 5.73 Å². The molecule has 0 fully saturated rings. The summed E-state index contributed by atoms with van der Waals surface area (Å²) >= 11 is 0. The van der Waals surface area contributed by atoms with Crippen LogP contribution in [0.3, 0.4) is 0 Å². The monoisotopic (exact) mass is 820 g/mol. The molecule has 0 aliphatic carbocycles. The average Bonchev–Trinajstić information content (AvgIpc) is 3.86. The van der Waals surface area contributed by atoms with Gasteiger partial charge < -0.3 is 41.4 Å². The predicted octanol–water partition coefficient (Wildman–Crippen LogP) is 6.23. The molecule has 314 valence electrons. The molecule has 2 atom stereocenters. The summed E-state index contributed by atoms with van der Waals surface area (Å²) in [7, 11) is 0. The zero-order chi connectivity index (χ0) is 44.2. The highest BCUT2D eigenvalue weighted by molar-refractivity contribution is 6.14. The van der Waals surface area contributed by atoms with Crippen molar-refractivity contribution in [3.05, 3.63) is 88.0 Å². The van der Waals surface area contributed by atoms with Gasteiger partial charge in [-0.1, -0.05) is 25.3 Å². The van der Waals surface area contributed by atoms with Crippen molar-refractivity contribution < 1.29 is 49.2 Å². The summed E-state index contributed by atoms with van der Waals surface area (Å²) in [6.45, 7) is 15.3. The normalized spacial score (nSPS) is 13.5. The predicted molar refractivity (Wildman–Crippen MR) is 227 cm³/mol. The van der Waals surface area contributed by atoms with Crippen molar-refractivity contribution in [2.75, 3.05) is 0 Å². The molecule has 3 aromatic rings. The second kappa shape index (κ2) is 18.3. The van der Waals surface area contributed by atoms with Crippen LogP contribution in [0.15, 0.2) is 37.4 Å². The van der Waals surface area contributed by atoms with E-state index in [2.05, 4.69) is 28.4 Å². The van der Waals surface area contributed by atoms with E-state index in [4.69, 9.17) is 20.8 Å². The lowest BCUT2D eigenvalue weighted by atomic mass is 9.93. The second-order valence-corrected chi connectivity index (χ2v) is 14.8. The third-order valence-electron chi connectivity index (χ3n) is 10.9. The Kier molecular flexibility index (Phi) is 13.5. The number of Topliss-reactive ketones (excluding diaryl/α,β-unsaturated/α-hetero) is 1. The van der Waals surface area contributed by atoms with Gasteiger partial charge in [0.2, 0.25) is 5.91 Å². The number of carbonyl (C=O) groups excluding carboxylic acids is 2. The van der Waals surface area contributed by atoms with Crippen molar-refractivity contribution in [3.63, 3.8) is 0 Å². The minimum atomic E-state index is -1.45. The van der Waals surface area contributed by atoms with Crippen molar-refractivity contribution >= 4 is 86.0 Å². The van der Waals surface area contributed by atoms with Gasteiger partial charge in [-0.05, 0) is 105 Å². The summed E-state index contributed by atoms with van der Waals surface area (Å²) in [6.07, 6.45) is 1.60. The lowest BCUT2D eigenvalue weighted by molar-refractivity contribution is -0.138. The highest BCUT2D eigenvalue weighted by atomic mass is 16.4. The number of hydrogen-bond donors (Lipinski definition) is 8. The van der Waals surface area contributed by atoms with Gasteiger partial charge in [0.05, 0.1) is 45.9 Å². The molecular formula is C44H48N6O10. The van der Waals surface area contributed by atoms with E-state index in [9.17, 15) is 39.3 Å². The number of aryl methyl sites for hydroxylation is 3. The summed E-state index contributed by atoms with van der Waals surface area (Å²) in [5.74, 6) is -5.95. The van der Waals surface area contributed by atoms with Gasteiger partial charge in [-0.25, -0.2) is 9.97 Å². The van der Waals surface area contributed by atoms with Crippen molar-refractivity contribution in [1.82, 2.24) is 25.3 Å². The molecule has 2 aliphatic heterocycles. The summed E-state index contributed by atoms with van der Waals surface area (Å²) < 4.78 is 0. The third-order valence-corrected chi connectivity index (χ3v) is 10.9. The molecule has 9 N–H and O–H groups in total. The van der Waals surface area contributed by atoms with Crippen LogP contribution in [0.2, 0.25) is 0 Å². The molecule has 0 radical (unpaired) electrons. The molecule has 60 heavy (non-hydrogen) atoms. The minimum Gasteiger partial charge on any atom is -0.481 e. The Bertz CT molecular complexity index is 2590. The van der Waals surface area contributed by atoms with Gasteiger partial charge in [0.25, 0.3) is 0 Å². The maximum atomic E-state index is 15.1. The fourth-order valence-corrected chi connectivity index (χ4v) is 7.52. The highest BCUT2D eigenvalue weighted by Crippen LogP contribution is 2.38. The topological polar surface area (TPSA) is 279 Å². The molecule has 0 saturated heterocycles. The number of amides is 1. The van der Waals surface area contributed by atoms with Gasteiger partial charge in [0.1, 0.15) is 0 Å². The Morgan fingerprint density at radius 2 is 1.30 bits per heavy atom. The lowest BCUT2D eigenvalue weighted by Crippen LogP contribution is -2.48. The number of nitrogens with two attached hydrogens (primary N) is 1. The van der Waals surface area contributed by atoms with E-state index in [0.29, 0.717) is 72.6 Å². The SMILES string of the molecule is C=CC1=C(C)c2nc1cc1[nH]c(cc3nc(cc4[nH]c(c(C=C)c4C)c2C(=O)[C@H](CCC(=O)O)NC(=O)[C@@H](N)CCC(=O)O)C(C)=C3CCC(=O)O)c(CCC(=O)O)c1C. The maximum Gasteiger partial charge on any atom is 0.303 e. The molecule has 8 bridgehead atoms. The van der Waals surface area contributed by atoms with Gasteiger partial charge in [0.15, 0.2) is 5.78 Å². The Balaban J connectivity index is 1.94. The quantitative estimate of drug-likeness (QED) is 0.0662. The van der Waals surface area contributed by atoms with Crippen LogP contribution < -0.4 is 11.1 Å². The Morgan fingerprint density at radius 1 is 0.717 bits per heavy atom. The van der Waals surface area contributed by atoms with E-state index >= 15 is 4.79 Å². The van der Waals surface area contributed by atoms with E-state index in [1.54, 1.807) is 44.2 Å². The zero-order valence-electron chi connectivity index (χ0n) is 33.8. The molecule has 1 amide bonds. The number of ketones is 1. The first-order valence-corrected chi connectivity index (χ1v) is 19.3. The number of H-pyrrole nitrogens is 2. The van der Waals surface area contributed by atoms with Gasteiger partial charge in [-0.2, -0.15) is 0 Å². The number of carboxylic acid groups (broad SMARTS) is 4. The number of nitrogens with zero attached hydrogens (tertiary/aromatic N) is 2. The molecule has 0 aromatic carbocycles. The number of aliphatic carboxylic acids is 4. The molecule has 0 spiro atoms. The molecule has 2 aliphatic rings. The van der Waals surface area contributed by atoms with Crippen molar-refractivity contribution in [3.8, 4) is 0 Å². The number of allylic oxidation sites excluding steroid dienone is 5. The molecule has 16 nitrogen and oxygen atoms in total. The number of carbonyl (C=O) groups is 6. The van der Waals surface area contributed by atoms with Crippen LogP contribution in [0.1, 0.15) is 114 Å². The smallest absolute Gasteiger partial charge is 0.303 e. The molecule has 0 unspecified atom stereocenters. The number of hydrogen-bond acceptors (Lipinski definition) is 9. The Hall–Kier alpha value is -6.94. The lowest BCUT2D eigenvalue weighted by Gasteiger charge is -2.20. The van der Waals surface area contributed by atoms with Crippen molar-refractivity contribution in [2.45, 2.75) is 91.1 Å². The first-order valence-electron chi connectivity index (χ1n) is 19.3. The first kappa shape index (κ1) is 44.2. The number of nitrogens with one attached hydrogen (secondary N) is 3. The molecule has 5 rings (SSSR count). The number of rotatable bonds is 18. The van der Waals surface area contributed by atoms with Crippen LogP contribution in [0.4, 0.5) is 0 Å². The van der Waals surface area contributed by atoms with Crippen LogP contribution in [0.5, 0.6) is 0 Å². The van der Waals surface area contributed by atoms with Crippen LogP contribution in [-0.4, -0.2) is 88.0 Å². The Morgan fingerprint density at radius 3 is 1.92 bits per heavy atom. The fourth-order valence-electron chi connectivity index (χ4n) is 7.52. The number of fused-ring (bicyclic) bond motifs is 8. The number of aromatic nitrogens is 4. The second-order valence-electron chi connectivity index (χ2n) is 14.8. The van der Waals surface area contributed by atoms with E-state index in [-0.39, 0.29) is 55.3 Å². The van der Waals surface area contributed by atoms with Crippen LogP contribution in [0, 0.1) is 13.8 Å². The number of aromatic amines is 2. The largest absolute Gasteiger partial charge is 0.481 e. The molecular weight excluding hydrogens is 773 g/mol. The van der Waals surface area contributed by atoms with E-state index < -0.39 is 60.5 Å². The standard InChI is InChI=1S/C44H48N6O10/c1-7-24-23(6)41-40(43(59)29(12-16-39(57)58)50-44(60)28(45)11-15-38(55)56)42-25(8-2)20(3)32(48-42)17-30-21(4)26(9-13-36(51)52)34(46-30)19-35-27(10-14-37(53)54)22(5)31(47-35)18-33(24)49-41/h7-8,17-19,28-29,47-48H,1-2,9-16,45H2,3-6H3,(H,50,60)(H,51,52)(H,53,54)(H,55,56)(H,57,58)/t28-,29-/m0/s1. The molecule has 3 aromatic heterocycles. The summed E-state index contributed by atoms with van der Waals surface area (Å²) in [4.78, 5) is 91.8. The molecule has 0 saturated carbocycles. The van der Waals surface area contributed by atoms with Crippen molar-refractivity contribution in [1.29, 1.82) is 0 Å². The van der Waals surface area contributed by atoms with Crippen LogP contribution >= 0.6 is 0 Å². The summed E-state index contributed by atoms with van der Waals surface area (Å²) in [5.41, 5.74) is 14.5. The zero-order valence-corrected chi connectivity index (χ0v) is 33.8. The van der Waals surface area contributed by atoms with E-state index in [1.165, 1.54) is 0 Å². The van der Waals surface area contributed by atoms with Gasteiger partial charge in [-0.15, -0.1) is 0 Å². The van der Waals surface area contributed by atoms with Gasteiger partial charge in [0, 0.05) is 53.4 Å². The Labute approximate surface area is 344 Å². The van der Waals surface area contributed by atoms with Gasteiger partial charge in [-0.3, -0.25) is 28.8 Å². The first-order chi connectivity index (χ1) is 28.4. The summed E-state index contributed by atoms with van der Waals surface area (Å²) in [6, 6.07) is 2.54. The summed E-state index contributed by atoms with van der Waals surface area (Å²) in [5, 5.41) is 40.7. The maximum absolute atomic E-state index is 15.1. The molecule has 5 heterocycles. The molecule has 16 heteroatoms. The van der Waals surface area contributed by atoms with E-state index in [1.807, 2.05) is 13.8 Å². The highest BCUT2D eigenvalue weighted by Gasteiger charge is 2.32. The minimum absolute atomic E-state index is 0.0100. The van der Waals surface area contributed by atoms with Gasteiger partial charge >= 0.3 is 23.9 Å². The van der Waals surface area contributed by atoms with E-state index in [0.717, 1.165) is 5.56 Å². The van der Waals surface area contributed by atoms with Crippen LogP contribution in [-0.2, 0) is 30.4 Å². The fraction of sp³-hybridized carbons (Fsp3) is 0.318.